The quantitative estimate of drug-likeness (QED) is 0.513. The van der Waals surface area contributed by atoms with Crippen molar-refractivity contribution in [2.24, 2.45) is 4.99 Å². The lowest BCUT2D eigenvalue weighted by molar-refractivity contribution is -0.123. The van der Waals surface area contributed by atoms with E-state index in [9.17, 15) is 4.79 Å². The summed E-state index contributed by atoms with van der Waals surface area (Å²) in [5.41, 5.74) is 0. The summed E-state index contributed by atoms with van der Waals surface area (Å²) in [6.07, 6.45) is 0. The zero-order valence-corrected chi connectivity index (χ0v) is 8.10. The van der Waals surface area contributed by atoms with Gasteiger partial charge in [-0.1, -0.05) is 11.8 Å². The topological polar surface area (TPSA) is 32.7 Å². The second-order valence-corrected chi connectivity index (χ2v) is 2.94. The van der Waals surface area contributed by atoms with Gasteiger partial charge in [0.15, 0.2) is 5.17 Å². The minimum atomic E-state index is 0.150. The van der Waals surface area contributed by atoms with Crippen LogP contribution in [0.4, 0.5) is 0 Å². The molecule has 0 spiro atoms. The summed E-state index contributed by atoms with van der Waals surface area (Å²) in [7, 11) is 6.90. The summed E-state index contributed by atoms with van der Waals surface area (Å²) in [5.74, 6) is 0.701. The number of thioether (sulfide) groups is 1. The van der Waals surface area contributed by atoms with E-state index >= 15 is 0 Å². The molecule has 1 aliphatic rings. The Balaban J connectivity index is 0.000000424. The second-order valence-electron chi connectivity index (χ2n) is 2.00. The van der Waals surface area contributed by atoms with Gasteiger partial charge in [0.25, 0.3) is 0 Å². The highest BCUT2D eigenvalue weighted by Crippen LogP contribution is 2.16. The number of hydrogen-bond acceptors (Lipinski definition) is 3. The maximum absolute atomic E-state index is 10.9. The molecule has 1 fully saturated rings. The van der Waals surface area contributed by atoms with Crippen molar-refractivity contribution in [2.45, 2.75) is 6.92 Å². The number of nitrogens with zero attached hydrogens (tertiary/aromatic N) is 2. The van der Waals surface area contributed by atoms with Crippen LogP contribution in [0.15, 0.2) is 4.99 Å². The Hall–Kier alpha value is -0.380. The first-order chi connectivity index (χ1) is 6.17. The van der Waals surface area contributed by atoms with Gasteiger partial charge in [0.1, 0.15) is 0 Å². The second kappa shape index (κ2) is 6.17. The Morgan fingerprint density at radius 3 is 2.92 bits per heavy atom. The van der Waals surface area contributed by atoms with Crippen molar-refractivity contribution in [3.05, 3.63) is 0 Å². The van der Waals surface area contributed by atoms with Gasteiger partial charge >= 0.3 is 0 Å². The van der Waals surface area contributed by atoms with E-state index in [-0.39, 0.29) is 5.91 Å². The molecular weight excluding hydrogens is 170 g/mol. The smallest absolute Gasteiger partial charge is 0.238 e. The normalized spacial score (nSPS) is 20.2. The molecule has 1 amide bonds. The van der Waals surface area contributed by atoms with Gasteiger partial charge in [-0.2, -0.15) is 0 Å². The largest absolute Gasteiger partial charge is 0.294 e. The zero-order valence-electron chi connectivity index (χ0n) is 8.28. The number of rotatable bonds is 1. The summed E-state index contributed by atoms with van der Waals surface area (Å²) >= 11 is 1.51. The molecule has 1 rings (SSSR count). The van der Waals surface area contributed by atoms with Crippen LogP contribution < -0.4 is 0 Å². The Kier molecular flexibility index (Phi) is 4.99. The van der Waals surface area contributed by atoms with Crippen molar-refractivity contribution >= 4 is 38.3 Å². The van der Waals surface area contributed by atoms with Gasteiger partial charge in [0.2, 0.25) is 5.91 Å². The van der Waals surface area contributed by atoms with Crippen LogP contribution in [0.5, 0.6) is 0 Å². The SMILES string of the molecule is CCN=C1SCC(=O)N1C.[2H][B][B]. The molecule has 6 heteroatoms. The average Bonchev–Trinajstić information content (AvgIpc) is 2.38. The lowest BCUT2D eigenvalue weighted by Gasteiger charge is -2.06. The monoisotopic (exact) mass is 182 g/mol. The minimum absolute atomic E-state index is 0.150. The first-order valence-corrected chi connectivity index (χ1v) is 4.51. The van der Waals surface area contributed by atoms with Gasteiger partial charge in [-0.3, -0.25) is 14.7 Å². The zero-order chi connectivity index (χ0) is 10.3. The first kappa shape index (κ1) is 9.71. The third kappa shape index (κ3) is 2.93. The van der Waals surface area contributed by atoms with Crippen LogP contribution in [0.2, 0.25) is 0 Å². The van der Waals surface area contributed by atoms with E-state index in [2.05, 4.69) is 12.7 Å². The molecule has 0 aromatic heterocycles. The summed E-state index contributed by atoms with van der Waals surface area (Å²) in [5, 5.41) is 0.854. The van der Waals surface area contributed by atoms with Crippen molar-refractivity contribution in [1.29, 1.82) is 1.34 Å². The predicted molar refractivity (Wildman–Crippen MR) is 56.1 cm³/mol. The molecule has 3 nitrogen and oxygen atoms in total. The Morgan fingerprint density at radius 1 is 2.00 bits per heavy atom. The molecule has 0 bridgehead atoms. The highest BCUT2D eigenvalue weighted by molar-refractivity contribution is 8.15. The number of carbonyl (C=O) groups excluding carboxylic acids is 1. The fourth-order valence-corrected chi connectivity index (χ4v) is 1.68. The minimum Gasteiger partial charge on any atom is -0.294 e. The van der Waals surface area contributed by atoms with Crippen LogP contribution >= 0.6 is 11.8 Å². The molecule has 0 atom stereocenters. The molecule has 0 unspecified atom stereocenters. The molecule has 0 aromatic rings. The summed E-state index contributed by atoms with van der Waals surface area (Å²) in [4.78, 5) is 16.6. The van der Waals surface area contributed by atoms with Crippen molar-refractivity contribution in [3.63, 3.8) is 0 Å². The van der Waals surface area contributed by atoms with Crippen LogP contribution in [0.1, 0.15) is 6.92 Å². The van der Waals surface area contributed by atoms with E-state index < -0.39 is 0 Å². The standard InChI is InChI=1S/C6H10N2OS.B2H/c1-3-7-6-8(2)5(9)4-10-6;1-2/h3-4H2,1-2H3;1H/i;1D. The van der Waals surface area contributed by atoms with Crippen LogP contribution in [0.3, 0.4) is 0 Å². The van der Waals surface area contributed by atoms with E-state index in [0.717, 1.165) is 19.4 Å². The average molecular weight is 182 g/mol. The van der Waals surface area contributed by atoms with E-state index in [1.165, 1.54) is 11.8 Å². The molecular formula is C6H11B2N2OS. The Bertz CT molecular complexity index is 203. The lowest BCUT2D eigenvalue weighted by atomic mass is 9.81. The Labute approximate surface area is 81.1 Å². The summed E-state index contributed by atoms with van der Waals surface area (Å²) in [6.45, 7) is 2.71. The molecule has 1 heterocycles. The highest BCUT2D eigenvalue weighted by atomic mass is 32.2. The van der Waals surface area contributed by atoms with Gasteiger partial charge in [0, 0.05) is 29.0 Å². The van der Waals surface area contributed by atoms with E-state index in [1.807, 2.05) is 6.92 Å². The van der Waals surface area contributed by atoms with Crippen molar-refractivity contribution in [3.8, 4) is 0 Å². The molecule has 3 radical (unpaired) electrons. The fraction of sp³-hybridized carbons (Fsp3) is 0.667. The predicted octanol–water partition coefficient (Wildman–Crippen LogP) is -0.462. The number of carbonyl (C=O) groups is 1. The van der Waals surface area contributed by atoms with Crippen molar-refractivity contribution < 1.29 is 4.79 Å². The molecule has 0 aliphatic carbocycles. The number of amidine groups is 1. The molecule has 0 saturated carbocycles. The van der Waals surface area contributed by atoms with Gasteiger partial charge in [-0.15, -0.1) is 0 Å². The van der Waals surface area contributed by atoms with Crippen molar-refractivity contribution in [1.82, 2.24) is 4.90 Å². The van der Waals surface area contributed by atoms with Crippen LogP contribution in [-0.4, -0.2) is 52.1 Å². The molecule has 63 valence electrons. The fourth-order valence-electron chi connectivity index (χ4n) is 0.714. The molecule has 0 aromatic carbocycles. The van der Waals surface area contributed by atoms with Gasteiger partial charge in [-0.25, -0.2) is 0 Å². The number of aliphatic imine (C=N–C) groups is 1. The molecule has 12 heavy (non-hydrogen) atoms. The molecule has 1 aliphatic heterocycles. The highest BCUT2D eigenvalue weighted by Gasteiger charge is 2.23. The number of amides is 1. The maximum atomic E-state index is 10.9. The summed E-state index contributed by atoms with van der Waals surface area (Å²) < 4.78 is 5.86. The van der Waals surface area contributed by atoms with Crippen LogP contribution in [0.25, 0.3) is 0 Å². The third-order valence-electron chi connectivity index (χ3n) is 1.28. The van der Waals surface area contributed by atoms with Gasteiger partial charge in [0.05, 0.1) is 5.75 Å². The number of hydrogen-bond donors (Lipinski definition) is 0. The first-order valence-electron chi connectivity index (χ1n) is 4.10. The van der Waals surface area contributed by atoms with E-state index in [4.69, 9.17) is 1.34 Å². The molecule has 0 N–H and O–H groups in total. The Morgan fingerprint density at radius 2 is 2.58 bits per heavy atom. The molecule has 1 saturated heterocycles. The van der Waals surface area contributed by atoms with E-state index in [1.54, 1.807) is 11.9 Å². The van der Waals surface area contributed by atoms with Crippen molar-refractivity contribution in [2.75, 3.05) is 19.3 Å². The van der Waals surface area contributed by atoms with Crippen LogP contribution in [-0.2, 0) is 4.79 Å². The summed E-state index contributed by atoms with van der Waals surface area (Å²) in [6, 6.07) is 0. The van der Waals surface area contributed by atoms with Crippen LogP contribution in [0, 0.1) is 0 Å². The maximum Gasteiger partial charge on any atom is 0.238 e. The lowest BCUT2D eigenvalue weighted by Crippen LogP contribution is -2.24. The van der Waals surface area contributed by atoms with Gasteiger partial charge < -0.3 is 0 Å². The van der Waals surface area contributed by atoms with E-state index in [0.29, 0.717) is 5.75 Å². The van der Waals surface area contributed by atoms with Gasteiger partial charge in [-0.05, 0) is 8.26 Å². The third-order valence-corrected chi connectivity index (χ3v) is 2.33.